The number of aromatic amines is 1. The predicted octanol–water partition coefficient (Wildman–Crippen LogP) is 1.82. The molecule has 0 fully saturated rings. The van der Waals surface area contributed by atoms with Crippen LogP contribution in [0, 0.1) is 0 Å². The van der Waals surface area contributed by atoms with Gasteiger partial charge in [0.15, 0.2) is 5.95 Å². The summed E-state index contributed by atoms with van der Waals surface area (Å²) in [5.74, 6) is 0.382. The molecule has 4 nitrogen and oxygen atoms in total. The van der Waals surface area contributed by atoms with Gasteiger partial charge in [0, 0.05) is 6.20 Å². The summed E-state index contributed by atoms with van der Waals surface area (Å²) in [6.45, 7) is 0. The summed E-state index contributed by atoms with van der Waals surface area (Å²) in [6, 6.07) is 5.63. The lowest BCUT2D eigenvalue weighted by Crippen LogP contribution is -1.86. The first kappa shape index (κ1) is 8.25. The molecule has 0 saturated carbocycles. The Bertz CT molecular complexity index is 409. The summed E-state index contributed by atoms with van der Waals surface area (Å²) >= 11 is 3.32. The fourth-order valence-electron chi connectivity index (χ4n) is 1.04. The van der Waals surface area contributed by atoms with Crippen molar-refractivity contribution in [1.82, 2.24) is 15.0 Å². The van der Waals surface area contributed by atoms with Crippen LogP contribution >= 0.6 is 15.9 Å². The van der Waals surface area contributed by atoms with E-state index in [1.165, 1.54) is 0 Å². The molecular formula is C8H7BrN4. The fraction of sp³-hybridized carbons (Fsp3) is 0. The second-order valence-corrected chi connectivity index (χ2v) is 3.29. The maximum Gasteiger partial charge on any atom is 0.198 e. The number of nitrogen functional groups attached to an aromatic ring is 1. The molecule has 0 amide bonds. The Balaban J connectivity index is 2.53. The molecule has 13 heavy (non-hydrogen) atoms. The zero-order chi connectivity index (χ0) is 9.26. The zero-order valence-corrected chi connectivity index (χ0v) is 8.25. The minimum Gasteiger partial charge on any atom is -0.369 e. The van der Waals surface area contributed by atoms with Crippen molar-refractivity contribution in [1.29, 1.82) is 0 Å². The lowest BCUT2D eigenvalue weighted by molar-refractivity contribution is 1.28. The summed E-state index contributed by atoms with van der Waals surface area (Å²) in [6.07, 6.45) is 1.71. The van der Waals surface area contributed by atoms with Crippen molar-refractivity contribution in [3.8, 4) is 11.4 Å². The van der Waals surface area contributed by atoms with E-state index < -0.39 is 0 Å². The molecule has 66 valence electrons. The minimum absolute atomic E-state index is 0.382. The van der Waals surface area contributed by atoms with Gasteiger partial charge in [-0.3, -0.25) is 4.98 Å². The van der Waals surface area contributed by atoms with E-state index >= 15 is 0 Å². The Hall–Kier alpha value is -1.36. The largest absolute Gasteiger partial charge is 0.369 e. The summed E-state index contributed by atoms with van der Waals surface area (Å²) < 4.78 is 0.753. The summed E-state index contributed by atoms with van der Waals surface area (Å²) in [5.41, 5.74) is 7.02. The molecule has 0 saturated heterocycles. The molecule has 3 N–H and O–H groups in total. The monoisotopic (exact) mass is 238 g/mol. The maximum absolute atomic E-state index is 5.49. The lowest BCUT2D eigenvalue weighted by atomic mass is 10.3. The van der Waals surface area contributed by atoms with Crippen molar-refractivity contribution in [3.05, 3.63) is 29.0 Å². The van der Waals surface area contributed by atoms with Gasteiger partial charge < -0.3 is 10.7 Å². The molecule has 5 heteroatoms. The number of hydrogen-bond acceptors (Lipinski definition) is 3. The number of pyridine rings is 1. The van der Waals surface area contributed by atoms with Crippen LogP contribution in [0.1, 0.15) is 0 Å². The van der Waals surface area contributed by atoms with Gasteiger partial charge in [0.05, 0.1) is 5.69 Å². The van der Waals surface area contributed by atoms with Crippen molar-refractivity contribution in [3.63, 3.8) is 0 Å². The Morgan fingerprint density at radius 2 is 2.23 bits per heavy atom. The number of nitrogens with zero attached hydrogens (tertiary/aromatic N) is 2. The molecule has 0 spiro atoms. The van der Waals surface area contributed by atoms with Crippen LogP contribution < -0.4 is 5.73 Å². The van der Waals surface area contributed by atoms with Gasteiger partial charge in [0.1, 0.15) is 10.3 Å². The molecule has 0 aromatic carbocycles. The SMILES string of the molecule is Nc1nc(-c2ccccn2)c(Br)[nH]1. The van der Waals surface area contributed by atoms with Crippen molar-refractivity contribution >= 4 is 21.9 Å². The van der Waals surface area contributed by atoms with Crippen LogP contribution in [0.15, 0.2) is 29.0 Å². The van der Waals surface area contributed by atoms with Crippen LogP contribution in [0.4, 0.5) is 5.95 Å². The van der Waals surface area contributed by atoms with Gasteiger partial charge in [-0.05, 0) is 28.1 Å². The number of nitrogens with one attached hydrogen (secondary N) is 1. The van der Waals surface area contributed by atoms with Crippen molar-refractivity contribution in [2.45, 2.75) is 0 Å². The number of H-pyrrole nitrogens is 1. The Kier molecular flexibility index (Phi) is 2.02. The van der Waals surface area contributed by atoms with E-state index in [0.717, 1.165) is 16.0 Å². The first-order chi connectivity index (χ1) is 6.27. The van der Waals surface area contributed by atoms with Gasteiger partial charge in [0.25, 0.3) is 0 Å². The third-order valence-electron chi connectivity index (χ3n) is 1.59. The smallest absolute Gasteiger partial charge is 0.198 e. The molecule has 2 rings (SSSR count). The number of anilines is 1. The highest BCUT2D eigenvalue weighted by molar-refractivity contribution is 9.10. The first-order valence-electron chi connectivity index (χ1n) is 3.70. The molecule has 2 aromatic rings. The topological polar surface area (TPSA) is 67.6 Å². The number of rotatable bonds is 1. The van der Waals surface area contributed by atoms with E-state index in [4.69, 9.17) is 5.73 Å². The second kappa shape index (κ2) is 3.18. The van der Waals surface area contributed by atoms with Crippen molar-refractivity contribution in [2.75, 3.05) is 5.73 Å². The number of halogens is 1. The van der Waals surface area contributed by atoms with Crippen LogP contribution in [0.3, 0.4) is 0 Å². The molecule has 0 aliphatic rings. The van der Waals surface area contributed by atoms with Crippen LogP contribution in [0.25, 0.3) is 11.4 Å². The van der Waals surface area contributed by atoms with E-state index in [-0.39, 0.29) is 0 Å². The van der Waals surface area contributed by atoms with E-state index in [1.807, 2.05) is 18.2 Å². The van der Waals surface area contributed by atoms with Crippen LogP contribution in [0.2, 0.25) is 0 Å². The van der Waals surface area contributed by atoms with Crippen LogP contribution in [-0.2, 0) is 0 Å². The predicted molar refractivity (Wildman–Crippen MR) is 53.9 cm³/mol. The second-order valence-electron chi connectivity index (χ2n) is 2.50. The van der Waals surface area contributed by atoms with E-state index in [9.17, 15) is 0 Å². The number of hydrogen-bond donors (Lipinski definition) is 2. The molecule has 0 bridgehead atoms. The highest BCUT2D eigenvalue weighted by Crippen LogP contribution is 2.24. The highest BCUT2D eigenvalue weighted by Gasteiger charge is 2.08. The van der Waals surface area contributed by atoms with Gasteiger partial charge in [-0.1, -0.05) is 6.07 Å². The molecule has 0 unspecified atom stereocenters. The Morgan fingerprint density at radius 1 is 1.38 bits per heavy atom. The lowest BCUT2D eigenvalue weighted by Gasteiger charge is -1.93. The van der Waals surface area contributed by atoms with Crippen LogP contribution in [-0.4, -0.2) is 15.0 Å². The van der Waals surface area contributed by atoms with E-state index in [1.54, 1.807) is 6.20 Å². The minimum atomic E-state index is 0.382. The van der Waals surface area contributed by atoms with Gasteiger partial charge >= 0.3 is 0 Å². The van der Waals surface area contributed by atoms with E-state index in [2.05, 4.69) is 30.9 Å². The summed E-state index contributed by atoms with van der Waals surface area (Å²) in [5, 5.41) is 0. The van der Waals surface area contributed by atoms with Gasteiger partial charge in [-0.25, -0.2) is 4.98 Å². The number of aromatic nitrogens is 3. The molecule has 2 heterocycles. The average Bonchev–Trinajstić information content (AvgIpc) is 2.47. The normalized spacial score (nSPS) is 10.2. The van der Waals surface area contributed by atoms with Gasteiger partial charge in [-0.15, -0.1) is 0 Å². The third-order valence-corrected chi connectivity index (χ3v) is 2.16. The zero-order valence-electron chi connectivity index (χ0n) is 6.66. The molecular weight excluding hydrogens is 232 g/mol. The quantitative estimate of drug-likeness (QED) is 0.797. The number of imidazole rings is 1. The molecule has 0 atom stereocenters. The van der Waals surface area contributed by atoms with Crippen molar-refractivity contribution in [2.24, 2.45) is 0 Å². The molecule has 0 aliphatic carbocycles. The van der Waals surface area contributed by atoms with Crippen molar-refractivity contribution < 1.29 is 0 Å². The number of nitrogens with two attached hydrogens (primary N) is 1. The Morgan fingerprint density at radius 3 is 2.77 bits per heavy atom. The van der Waals surface area contributed by atoms with Gasteiger partial charge in [-0.2, -0.15) is 0 Å². The summed E-state index contributed by atoms with van der Waals surface area (Å²) in [7, 11) is 0. The first-order valence-corrected chi connectivity index (χ1v) is 4.49. The summed E-state index contributed by atoms with van der Waals surface area (Å²) in [4.78, 5) is 11.1. The Labute approximate surface area is 83.3 Å². The highest BCUT2D eigenvalue weighted by atomic mass is 79.9. The average molecular weight is 239 g/mol. The third kappa shape index (κ3) is 1.55. The maximum atomic E-state index is 5.49. The van der Waals surface area contributed by atoms with Crippen LogP contribution in [0.5, 0.6) is 0 Å². The molecule has 0 radical (unpaired) electrons. The molecule has 0 aliphatic heterocycles. The van der Waals surface area contributed by atoms with E-state index in [0.29, 0.717) is 5.95 Å². The standard InChI is InChI=1S/C8H7BrN4/c9-7-6(12-8(10)13-7)5-3-1-2-4-11-5/h1-4H,(H3,10,12,13). The van der Waals surface area contributed by atoms with Gasteiger partial charge in [0.2, 0.25) is 0 Å². The molecule has 2 aromatic heterocycles. The fourth-order valence-corrected chi connectivity index (χ4v) is 1.54.